The van der Waals surface area contributed by atoms with Gasteiger partial charge in [-0.15, -0.1) is 0 Å². The van der Waals surface area contributed by atoms with Gasteiger partial charge in [-0.1, -0.05) is 48.0 Å². The van der Waals surface area contributed by atoms with Gasteiger partial charge < -0.3 is 31.5 Å². The molecular weight excluding hydrogens is 552 g/mol. The van der Waals surface area contributed by atoms with Crippen molar-refractivity contribution >= 4 is 35.4 Å². The first-order valence-corrected chi connectivity index (χ1v) is 15.6. The standard InChI is InChI=1S/C31H52N6O6/c1-10-11-13-32-26(41)22(38)19(15-17-12-14-33-24(17)39)34-25(40)21-20-18(31(20,8)9)16-37(21)27(42)23(29(2,3)4)35-28(43)36-30(5,6)7/h17-21,23H,10-16H2,1-9H3,(H,32,41)(H,33,39)(H,34,40)(H2,35,36,43)/t17-,18-,19-,20-,21-,23+/m0/s1. The zero-order chi connectivity index (χ0) is 32.5. The molecule has 2 saturated heterocycles. The van der Waals surface area contributed by atoms with Crippen LogP contribution in [-0.4, -0.2) is 83.6 Å². The van der Waals surface area contributed by atoms with Crippen molar-refractivity contribution in [3.05, 3.63) is 0 Å². The molecule has 1 saturated carbocycles. The number of likely N-dealkylation sites (tertiary alicyclic amines) is 1. The van der Waals surface area contributed by atoms with Crippen LogP contribution in [0.5, 0.6) is 0 Å². The van der Waals surface area contributed by atoms with Crippen LogP contribution in [0.15, 0.2) is 0 Å². The van der Waals surface area contributed by atoms with E-state index in [0.717, 1.165) is 6.42 Å². The average molecular weight is 605 g/mol. The molecule has 3 fully saturated rings. The summed E-state index contributed by atoms with van der Waals surface area (Å²) in [5.74, 6) is -3.33. The topological polar surface area (TPSA) is 166 Å². The van der Waals surface area contributed by atoms with Gasteiger partial charge in [-0.05, 0) is 62.7 Å². The lowest BCUT2D eigenvalue weighted by Gasteiger charge is -2.38. The number of rotatable bonds is 11. The Morgan fingerprint density at radius 1 is 1.05 bits per heavy atom. The van der Waals surface area contributed by atoms with E-state index in [1.165, 1.54) is 4.90 Å². The number of nitrogens with zero attached hydrogens (tertiary/aromatic N) is 1. The monoisotopic (exact) mass is 604 g/mol. The number of hydrogen-bond donors (Lipinski definition) is 5. The highest BCUT2D eigenvalue weighted by atomic mass is 16.2. The van der Waals surface area contributed by atoms with Crippen LogP contribution in [0.1, 0.15) is 88.0 Å². The van der Waals surface area contributed by atoms with E-state index in [1.54, 1.807) is 0 Å². The molecule has 0 bridgehead atoms. The Kier molecular flexibility index (Phi) is 10.2. The summed E-state index contributed by atoms with van der Waals surface area (Å²) in [6, 6.07) is -3.51. The highest BCUT2D eigenvalue weighted by Crippen LogP contribution is 2.65. The van der Waals surface area contributed by atoms with Gasteiger partial charge >= 0.3 is 6.03 Å². The Balaban J connectivity index is 1.86. The minimum Gasteiger partial charge on any atom is -0.356 e. The third-order valence-corrected chi connectivity index (χ3v) is 8.99. The van der Waals surface area contributed by atoms with Gasteiger partial charge in [0.25, 0.3) is 5.91 Å². The SMILES string of the molecule is CCCCNC(=O)C(=O)[C@H](C[C@@H]1CCNC1=O)NC(=O)[C@@H]1[C@@H]2[C@H](CN1C(=O)[C@@H](NC(=O)NC(C)(C)C)C(C)(C)C)C2(C)C. The summed E-state index contributed by atoms with van der Waals surface area (Å²) in [5, 5.41) is 13.8. The number of amides is 6. The van der Waals surface area contributed by atoms with Crippen molar-refractivity contribution in [3.8, 4) is 0 Å². The lowest BCUT2D eigenvalue weighted by molar-refractivity contribution is -0.145. The molecule has 6 atom stereocenters. The van der Waals surface area contributed by atoms with Crippen LogP contribution in [0.4, 0.5) is 4.79 Å². The molecule has 0 aromatic rings. The molecule has 3 aliphatic rings. The highest BCUT2D eigenvalue weighted by Gasteiger charge is 2.70. The molecule has 12 nitrogen and oxygen atoms in total. The number of piperidine rings is 1. The Hall–Kier alpha value is -3.18. The van der Waals surface area contributed by atoms with Crippen molar-refractivity contribution in [1.29, 1.82) is 0 Å². The number of fused-ring (bicyclic) bond motifs is 1. The quantitative estimate of drug-likeness (QED) is 0.177. The van der Waals surface area contributed by atoms with Crippen molar-refractivity contribution in [3.63, 3.8) is 0 Å². The van der Waals surface area contributed by atoms with Crippen LogP contribution >= 0.6 is 0 Å². The fraction of sp³-hybridized carbons (Fsp3) is 0.806. The first-order valence-electron chi connectivity index (χ1n) is 15.6. The van der Waals surface area contributed by atoms with Gasteiger partial charge in [-0.3, -0.25) is 24.0 Å². The molecule has 43 heavy (non-hydrogen) atoms. The van der Waals surface area contributed by atoms with Crippen molar-refractivity contribution in [2.75, 3.05) is 19.6 Å². The Morgan fingerprint density at radius 2 is 1.70 bits per heavy atom. The minimum atomic E-state index is -1.21. The highest BCUT2D eigenvalue weighted by molar-refractivity contribution is 6.38. The second-order valence-electron chi connectivity index (χ2n) is 15.1. The number of Topliss-reactive ketones (excluding diaryl/α,β-unsaturated/α-hetero) is 1. The summed E-state index contributed by atoms with van der Waals surface area (Å²) in [6.45, 7) is 18.3. The van der Waals surface area contributed by atoms with Crippen LogP contribution in [0.25, 0.3) is 0 Å². The van der Waals surface area contributed by atoms with Gasteiger partial charge in [0.1, 0.15) is 12.1 Å². The summed E-state index contributed by atoms with van der Waals surface area (Å²) < 4.78 is 0. The molecular formula is C31H52N6O6. The average Bonchev–Trinajstić information content (AvgIpc) is 3.23. The smallest absolute Gasteiger partial charge is 0.315 e. The van der Waals surface area contributed by atoms with Gasteiger partial charge in [-0.2, -0.15) is 0 Å². The molecule has 0 aromatic heterocycles. The molecule has 0 radical (unpaired) electrons. The molecule has 6 amide bonds. The number of carbonyl (C=O) groups is 6. The van der Waals surface area contributed by atoms with Gasteiger partial charge in [0.15, 0.2) is 0 Å². The zero-order valence-electron chi connectivity index (χ0n) is 27.3. The number of ketones is 1. The number of unbranched alkanes of at least 4 members (excludes halogenated alkanes) is 1. The lowest BCUT2D eigenvalue weighted by Crippen LogP contribution is -2.62. The zero-order valence-corrected chi connectivity index (χ0v) is 27.3. The van der Waals surface area contributed by atoms with Gasteiger partial charge in [0, 0.05) is 31.1 Å². The second-order valence-corrected chi connectivity index (χ2v) is 15.1. The minimum absolute atomic E-state index is 0.00505. The van der Waals surface area contributed by atoms with E-state index in [0.29, 0.717) is 32.5 Å². The Bertz CT molecular complexity index is 1120. The van der Waals surface area contributed by atoms with E-state index in [2.05, 4.69) is 26.6 Å². The van der Waals surface area contributed by atoms with Gasteiger partial charge in [-0.25, -0.2) is 4.79 Å². The molecule has 0 aromatic carbocycles. The Morgan fingerprint density at radius 3 is 2.23 bits per heavy atom. The number of nitrogens with one attached hydrogen (secondary N) is 5. The van der Waals surface area contributed by atoms with Crippen LogP contribution in [0.2, 0.25) is 0 Å². The fourth-order valence-electron chi connectivity index (χ4n) is 6.40. The van der Waals surface area contributed by atoms with E-state index in [-0.39, 0.29) is 35.5 Å². The predicted molar refractivity (Wildman–Crippen MR) is 162 cm³/mol. The fourth-order valence-corrected chi connectivity index (χ4v) is 6.40. The third-order valence-electron chi connectivity index (χ3n) is 8.99. The van der Waals surface area contributed by atoms with Crippen LogP contribution in [0, 0.1) is 28.6 Å². The van der Waals surface area contributed by atoms with Gasteiger partial charge in [0.05, 0.1) is 6.04 Å². The summed E-state index contributed by atoms with van der Waals surface area (Å²) in [7, 11) is 0. The molecule has 5 N–H and O–H groups in total. The number of carbonyl (C=O) groups excluding carboxylic acids is 6. The summed E-state index contributed by atoms with van der Waals surface area (Å²) >= 11 is 0. The summed E-state index contributed by atoms with van der Waals surface area (Å²) in [6.07, 6.45) is 2.03. The normalized spacial score (nSPS) is 25.6. The lowest BCUT2D eigenvalue weighted by atomic mass is 9.85. The largest absolute Gasteiger partial charge is 0.356 e. The van der Waals surface area contributed by atoms with E-state index >= 15 is 0 Å². The third kappa shape index (κ3) is 8.06. The molecule has 2 heterocycles. The van der Waals surface area contributed by atoms with E-state index in [4.69, 9.17) is 0 Å². The molecule has 0 unspecified atom stereocenters. The molecule has 2 aliphatic heterocycles. The molecule has 12 heteroatoms. The molecule has 0 spiro atoms. The van der Waals surface area contributed by atoms with Crippen molar-refractivity contribution in [2.45, 2.75) is 112 Å². The molecule has 3 rings (SSSR count). The van der Waals surface area contributed by atoms with Crippen LogP contribution in [0.3, 0.4) is 0 Å². The maximum atomic E-state index is 14.1. The van der Waals surface area contributed by atoms with Crippen molar-refractivity contribution in [1.82, 2.24) is 31.5 Å². The van der Waals surface area contributed by atoms with Crippen LogP contribution < -0.4 is 26.6 Å². The predicted octanol–water partition coefficient (Wildman–Crippen LogP) is 1.48. The molecule has 1 aliphatic carbocycles. The second kappa shape index (κ2) is 12.8. The van der Waals surface area contributed by atoms with E-state index in [9.17, 15) is 28.8 Å². The first kappa shape index (κ1) is 34.3. The number of urea groups is 1. The first-order chi connectivity index (χ1) is 19.8. The number of hydrogen-bond acceptors (Lipinski definition) is 6. The van der Waals surface area contributed by atoms with E-state index in [1.807, 2.05) is 62.3 Å². The van der Waals surface area contributed by atoms with Crippen LogP contribution in [-0.2, 0) is 24.0 Å². The molecule has 242 valence electrons. The van der Waals surface area contributed by atoms with Gasteiger partial charge in [0.2, 0.25) is 23.5 Å². The Labute approximate surface area is 255 Å². The van der Waals surface area contributed by atoms with Crippen molar-refractivity contribution in [2.24, 2.45) is 28.6 Å². The van der Waals surface area contributed by atoms with E-state index < -0.39 is 58.6 Å². The maximum Gasteiger partial charge on any atom is 0.315 e. The van der Waals surface area contributed by atoms with Crippen molar-refractivity contribution < 1.29 is 28.8 Å². The maximum absolute atomic E-state index is 14.1. The summed E-state index contributed by atoms with van der Waals surface area (Å²) in [4.78, 5) is 80.9. The summed E-state index contributed by atoms with van der Waals surface area (Å²) in [5.41, 5.74) is -1.38.